The van der Waals surface area contributed by atoms with Crippen LogP contribution in [0.2, 0.25) is 0 Å². The molecule has 1 amide bonds. The SMILES string of the molecule is CCN(Cc1ccc(-c2cnn(C)c2)cc1)c1ncnc(NC[C@H]2CCN(CC(N)=O)C[C@@H]2O)c1F. The van der Waals surface area contributed by atoms with E-state index < -0.39 is 17.8 Å². The van der Waals surface area contributed by atoms with Gasteiger partial charge in [-0.25, -0.2) is 9.97 Å². The number of nitrogens with two attached hydrogens (primary N) is 1. The van der Waals surface area contributed by atoms with Crippen LogP contribution in [0.3, 0.4) is 0 Å². The standard InChI is InChI=1S/C25H33FN8O2/c1-3-34(12-17-4-6-18(7-5-17)20-11-31-32(2)13-20)25-23(26)24(29-16-30-25)28-10-19-8-9-33(14-21(19)35)15-22(27)36/h4-7,11,13,16,19,21,35H,3,8-10,12,14-15H2,1-2H3,(H2,27,36)(H,28,29,30)/t19-,21+/m1/s1. The van der Waals surface area contributed by atoms with Crippen molar-refractivity contribution in [1.29, 1.82) is 0 Å². The van der Waals surface area contributed by atoms with Crippen molar-refractivity contribution in [2.75, 3.05) is 42.9 Å². The Morgan fingerprint density at radius 1 is 1.28 bits per heavy atom. The van der Waals surface area contributed by atoms with Gasteiger partial charge in [-0.15, -0.1) is 0 Å². The zero-order chi connectivity index (χ0) is 25.7. The van der Waals surface area contributed by atoms with Crippen LogP contribution >= 0.6 is 0 Å². The first-order chi connectivity index (χ1) is 17.3. The lowest BCUT2D eigenvalue weighted by Gasteiger charge is -2.35. The molecule has 3 aromatic rings. The summed E-state index contributed by atoms with van der Waals surface area (Å²) in [5.74, 6) is -0.695. The lowest BCUT2D eigenvalue weighted by Crippen LogP contribution is -2.48. The molecule has 11 heteroatoms. The molecule has 10 nitrogen and oxygen atoms in total. The molecule has 1 aliphatic heterocycles. The fraction of sp³-hybridized carbons (Fsp3) is 0.440. The second kappa shape index (κ2) is 11.4. The third-order valence-electron chi connectivity index (χ3n) is 6.53. The van der Waals surface area contributed by atoms with Crippen LogP contribution in [-0.2, 0) is 18.4 Å². The van der Waals surface area contributed by atoms with E-state index in [0.29, 0.717) is 39.1 Å². The van der Waals surface area contributed by atoms with Crippen molar-refractivity contribution in [3.05, 3.63) is 54.4 Å². The largest absolute Gasteiger partial charge is 0.391 e. The second-order valence-corrected chi connectivity index (χ2v) is 9.17. The molecule has 2 atom stereocenters. The van der Waals surface area contributed by atoms with Gasteiger partial charge >= 0.3 is 0 Å². The number of aromatic nitrogens is 4. The van der Waals surface area contributed by atoms with E-state index in [4.69, 9.17) is 5.73 Å². The van der Waals surface area contributed by atoms with Gasteiger partial charge in [0.15, 0.2) is 11.6 Å². The number of nitrogens with zero attached hydrogens (tertiary/aromatic N) is 6. The molecule has 0 unspecified atom stereocenters. The first kappa shape index (κ1) is 25.5. The number of amides is 1. The van der Waals surface area contributed by atoms with Crippen molar-refractivity contribution in [3.63, 3.8) is 0 Å². The van der Waals surface area contributed by atoms with Gasteiger partial charge in [0.05, 0.1) is 18.8 Å². The molecule has 1 aliphatic rings. The Labute approximate surface area is 209 Å². The van der Waals surface area contributed by atoms with Gasteiger partial charge in [-0.05, 0) is 31.0 Å². The molecule has 192 valence electrons. The van der Waals surface area contributed by atoms with Crippen LogP contribution in [0.1, 0.15) is 18.9 Å². The van der Waals surface area contributed by atoms with Gasteiger partial charge in [0.25, 0.3) is 0 Å². The minimum Gasteiger partial charge on any atom is -0.391 e. The van der Waals surface area contributed by atoms with Gasteiger partial charge in [-0.1, -0.05) is 24.3 Å². The van der Waals surface area contributed by atoms with Crippen LogP contribution in [0.5, 0.6) is 0 Å². The molecule has 4 rings (SSSR count). The average molecular weight is 497 g/mol. The molecule has 3 heterocycles. The summed E-state index contributed by atoms with van der Waals surface area (Å²) in [6, 6.07) is 8.11. The zero-order valence-electron chi connectivity index (χ0n) is 20.6. The van der Waals surface area contributed by atoms with Crippen molar-refractivity contribution in [3.8, 4) is 11.1 Å². The van der Waals surface area contributed by atoms with E-state index in [1.807, 2.05) is 60.4 Å². The van der Waals surface area contributed by atoms with Crippen molar-refractivity contribution in [2.24, 2.45) is 18.7 Å². The Morgan fingerprint density at radius 2 is 2.06 bits per heavy atom. The molecule has 1 aromatic carbocycles. The van der Waals surface area contributed by atoms with Crippen LogP contribution in [-0.4, -0.2) is 74.5 Å². The first-order valence-electron chi connectivity index (χ1n) is 12.1. The Hall–Kier alpha value is -3.57. The molecule has 0 spiro atoms. The molecule has 0 saturated carbocycles. The number of rotatable bonds is 10. The van der Waals surface area contributed by atoms with Crippen molar-refractivity contribution in [2.45, 2.75) is 26.0 Å². The quantitative estimate of drug-likeness (QED) is 0.387. The number of anilines is 2. The predicted molar refractivity (Wildman–Crippen MR) is 136 cm³/mol. The summed E-state index contributed by atoms with van der Waals surface area (Å²) in [6.45, 7) is 4.50. The minimum absolute atomic E-state index is 0.0902. The van der Waals surface area contributed by atoms with Gasteiger partial charge in [0, 0.05) is 50.9 Å². The first-order valence-corrected chi connectivity index (χ1v) is 12.1. The van der Waals surface area contributed by atoms with Gasteiger partial charge in [0.1, 0.15) is 6.33 Å². The number of aliphatic hydroxyl groups is 1. The molecule has 0 bridgehead atoms. The summed E-state index contributed by atoms with van der Waals surface area (Å²) in [7, 11) is 1.88. The van der Waals surface area contributed by atoms with Gasteiger partial charge in [-0.2, -0.15) is 9.49 Å². The summed E-state index contributed by atoms with van der Waals surface area (Å²) in [5.41, 5.74) is 8.38. The number of aliphatic hydroxyl groups excluding tert-OH is 1. The highest BCUT2D eigenvalue weighted by atomic mass is 19.1. The van der Waals surface area contributed by atoms with Crippen LogP contribution in [0.15, 0.2) is 43.0 Å². The van der Waals surface area contributed by atoms with E-state index in [1.165, 1.54) is 6.33 Å². The molecule has 1 fully saturated rings. The molecular weight excluding hydrogens is 463 g/mol. The number of hydrogen-bond acceptors (Lipinski definition) is 8. The number of β-amino-alcohol motifs (C(OH)–C–C–N with tert-alkyl or cyclic N) is 1. The van der Waals surface area contributed by atoms with Gasteiger partial charge in [-0.3, -0.25) is 14.4 Å². The van der Waals surface area contributed by atoms with Crippen molar-refractivity contribution < 1.29 is 14.3 Å². The smallest absolute Gasteiger partial charge is 0.231 e. The van der Waals surface area contributed by atoms with Crippen LogP contribution < -0.4 is 16.0 Å². The van der Waals surface area contributed by atoms with E-state index >= 15 is 4.39 Å². The average Bonchev–Trinajstić information content (AvgIpc) is 3.29. The summed E-state index contributed by atoms with van der Waals surface area (Å²) in [6.07, 6.45) is 5.15. The number of aryl methyl sites for hydroxylation is 1. The highest BCUT2D eigenvalue weighted by Crippen LogP contribution is 2.25. The fourth-order valence-electron chi connectivity index (χ4n) is 4.51. The Balaban J connectivity index is 1.39. The maximum atomic E-state index is 15.4. The maximum Gasteiger partial charge on any atom is 0.231 e. The Kier molecular flexibility index (Phi) is 8.11. The summed E-state index contributed by atoms with van der Waals surface area (Å²) < 4.78 is 17.2. The predicted octanol–water partition coefficient (Wildman–Crippen LogP) is 1.62. The van der Waals surface area contributed by atoms with Crippen molar-refractivity contribution >= 4 is 17.5 Å². The highest BCUT2D eigenvalue weighted by molar-refractivity contribution is 5.75. The number of halogens is 1. The molecule has 0 aliphatic carbocycles. The number of carbonyl (C=O) groups is 1. The van der Waals surface area contributed by atoms with E-state index in [2.05, 4.69) is 20.4 Å². The Morgan fingerprint density at radius 3 is 2.69 bits per heavy atom. The van der Waals surface area contributed by atoms with Crippen molar-refractivity contribution in [1.82, 2.24) is 24.6 Å². The number of likely N-dealkylation sites (tertiary alicyclic amines) is 1. The monoisotopic (exact) mass is 496 g/mol. The number of hydrogen-bond donors (Lipinski definition) is 3. The molecule has 0 radical (unpaired) electrons. The van der Waals surface area contributed by atoms with Crippen LogP contribution in [0.4, 0.5) is 16.0 Å². The number of piperidine rings is 1. The normalized spacial score (nSPS) is 18.2. The zero-order valence-corrected chi connectivity index (χ0v) is 20.6. The molecule has 2 aromatic heterocycles. The lowest BCUT2D eigenvalue weighted by molar-refractivity contribution is -0.120. The molecule has 1 saturated heterocycles. The van der Waals surface area contributed by atoms with E-state index in [1.54, 1.807) is 4.68 Å². The third kappa shape index (κ3) is 6.16. The van der Waals surface area contributed by atoms with Gasteiger partial charge in [0.2, 0.25) is 11.7 Å². The second-order valence-electron chi connectivity index (χ2n) is 9.17. The van der Waals surface area contributed by atoms with Crippen LogP contribution in [0.25, 0.3) is 11.1 Å². The summed E-state index contributed by atoms with van der Waals surface area (Å²) in [5, 5.41) is 17.7. The summed E-state index contributed by atoms with van der Waals surface area (Å²) in [4.78, 5) is 23.1. The van der Waals surface area contributed by atoms with E-state index in [9.17, 15) is 9.90 Å². The number of nitrogens with one attached hydrogen (secondary N) is 1. The highest BCUT2D eigenvalue weighted by Gasteiger charge is 2.28. The van der Waals surface area contributed by atoms with Crippen LogP contribution in [0, 0.1) is 11.7 Å². The lowest BCUT2D eigenvalue weighted by atomic mass is 9.93. The topological polar surface area (TPSA) is 125 Å². The maximum absolute atomic E-state index is 15.4. The number of carbonyl (C=O) groups excluding carboxylic acids is 1. The number of primary amides is 1. The third-order valence-corrected chi connectivity index (χ3v) is 6.53. The minimum atomic E-state index is -0.642. The fourth-order valence-corrected chi connectivity index (χ4v) is 4.51. The Bertz CT molecular complexity index is 1170. The van der Waals surface area contributed by atoms with E-state index in [0.717, 1.165) is 16.7 Å². The molecule has 4 N–H and O–H groups in total. The number of benzene rings is 1. The molecular formula is C25H33FN8O2. The summed E-state index contributed by atoms with van der Waals surface area (Å²) >= 11 is 0. The van der Waals surface area contributed by atoms with E-state index in [-0.39, 0.29) is 24.1 Å². The van der Waals surface area contributed by atoms with Gasteiger partial charge < -0.3 is 21.1 Å². The molecule has 36 heavy (non-hydrogen) atoms.